The third-order valence-corrected chi connectivity index (χ3v) is 4.51. The molecule has 2 aromatic carbocycles. The van der Waals surface area contributed by atoms with Gasteiger partial charge in [-0.3, -0.25) is 4.90 Å². The molecule has 0 aliphatic carbocycles. The van der Waals surface area contributed by atoms with Crippen LogP contribution in [0.2, 0.25) is 0 Å². The molecule has 0 aromatic heterocycles. The lowest BCUT2D eigenvalue weighted by atomic mass is 9.93. The highest BCUT2D eigenvalue weighted by Gasteiger charge is 2.38. The van der Waals surface area contributed by atoms with Crippen molar-refractivity contribution in [3.05, 3.63) is 65.5 Å². The second-order valence-electron chi connectivity index (χ2n) is 6.03. The van der Waals surface area contributed by atoms with E-state index in [2.05, 4.69) is 29.2 Å². The summed E-state index contributed by atoms with van der Waals surface area (Å²) >= 11 is 0. The number of benzene rings is 2. The maximum Gasteiger partial charge on any atom is 0.165 e. The van der Waals surface area contributed by atoms with Gasteiger partial charge in [0.15, 0.2) is 11.6 Å². The SMILES string of the molecule is Fc1cccc2c1O[C@H]1CN(Cc3ccccc3)C[C@@H]1C2. The molecule has 2 nitrogen and oxygen atoms in total. The molecular formula is C18H18FNO. The van der Waals surface area contributed by atoms with Crippen molar-refractivity contribution in [3.8, 4) is 5.75 Å². The summed E-state index contributed by atoms with van der Waals surface area (Å²) in [6.45, 7) is 2.85. The molecule has 0 bridgehead atoms. The Bertz CT molecular complexity index is 643. The molecule has 2 aliphatic heterocycles. The van der Waals surface area contributed by atoms with Gasteiger partial charge in [0.05, 0.1) is 0 Å². The molecule has 1 fully saturated rings. The maximum atomic E-state index is 13.8. The van der Waals surface area contributed by atoms with E-state index in [1.165, 1.54) is 11.6 Å². The Hall–Kier alpha value is -1.87. The van der Waals surface area contributed by atoms with Gasteiger partial charge in [0.1, 0.15) is 6.10 Å². The molecule has 1 saturated heterocycles. The molecular weight excluding hydrogens is 265 g/mol. The van der Waals surface area contributed by atoms with E-state index >= 15 is 0 Å². The quantitative estimate of drug-likeness (QED) is 0.839. The van der Waals surface area contributed by atoms with Crippen molar-refractivity contribution in [3.63, 3.8) is 0 Å². The van der Waals surface area contributed by atoms with Crippen molar-refractivity contribution in [2.75, 3.05) is 13.1 Å². The first-order valence-electron chi connectivity index (χ1n) is 7.50. The van der Waals surface area contributed by atoms with Crippen LogP contribution in [0.5, 0.6) is 5.75 Å². The van der Waals surface area contributed by atoms with Crippen molar-refractivity contribution in [2.24, 2.45) is 5.92 Å². The van der Waals surface area contributed by atoms with Crippen molar-refractivity contribution < 1.29 is 9.13 Å². The summed E-state index contributed by atoms with van der Waals surface area (Å²) in [7, 11) is 0. The highest BCUT2D eigenvalue weighted by atomic mass is 19.1. The number of nitrogens with zero attached hydrogens (tertiary/aromatic N) is 1. The van der Waals surface area contributed by atoms with Crippen molar-refractivity contribution in [2.45, 2.75) is 19.1 Å². The van der Waals surface area contributed by atoms with E-state index in [-0.39, 0.29) is 11.9 Å². The van der Waals surface area contributed by atoms with E-state index in [4.69, 9.17) is 4.74 Å². The summed E-state index contributed by atoms with van der Waals surface area (Å²) < 4.78 is 19.8. The Morgan fingerprint density at radius 3 is 2.76 bits per heavy atom. The van der Waals surface area contributed by atoms with E-state index in [0.717, 1.165) is 31.6 Å². The number of fused-ring (bicyclic) bond motifs is 2. The minimum absolute atomic E-state index is 0.123. The fourth-order valence-corrected chi connectivity index (χ4v) is 3.51. The molecule has 0 amide bonds. The van der Waals surface area contributed by atoms with E-state index < -0.39 is 0 Å². The average Bonchev–Trinajstić information content (AvgIpc) is 2.88. The topological polar surface area (TPSA) is 12.5 Å². The van der Waals surface area contributed by atoms with E-state index in [0.29, 0.717) is 11.7 Å². The number of likely N-dealkylation sites (tertiary alicyclic amines) is 1. The van der Waals surface area contributed by atoms with Gasteiger partial charge in [0.2, 0.25) is 0 Å². The molecule has 0 unspecified atom stereocenters. The first-order valence-corrected chi connectivity index (χ1v) is 7.50. The third-order valence-electron chi connectivity index (χ3n) is 4.51. The van der Waals surface area contributed by atoms with Gasteiger partial charge in [-0.15, -0.1) is 0 Å². The van der Waals surface area contributed by atoms with Gasteiger partial charge in [0.25, 0.3) is 0 Å². The van der Waals surface area contributed by atoms with Crippen molar-refractivity contribution >= 4 is 0 Å². The largest absolute Gasteiger partial charge is 0.485 e. The number of ether oxygens (including phenoxy) is 1. The molecule has 2 heterocycles. The first kappa shape index (κ1) is 12.8. The van der Waals surface area contributed by atoms with Crippen LogP contribution < -0.4 is 4.74 Å². The molecule has 2 aliphatic rings. The second-order valence-corrected chi connectivity index (χ2v) is 6.03. The first-order chi connectivity index (χ1) is 10.3. The Kier molecular flexibility index (Phi) is 3.15. The minimum atomic E-state index is -0.229. The Morgan fingerprint density at radius 1 is 1.05 bits per heavy atom. The average molecular weight is 283 g/mol. The van der Waals surface area contributed by atoms with Gasteiger partial charge < -0.3 is 4.74 Å². The molecule has 21 heavy (non-hydrogen) atoms. The molecule has 0 radical (unpaired) electrons. The maximum absolute atomic E-state index is 13.8. The number of halogens is 1. The summed E-state index contributed by atoms with van der Waals surface area (Å²) in [4.78, 5) is 2.41. The van der Waals surface area contributed by atoms with Crippen LogP contribution in [0.1, 0.15) is 11.1 Å². The lowest BCUT2D eigenvalue weighted by Crippen LogP contribution is -2.32. The zero-order valence-corrected chi connectivity index (χ0v) is 11.8. The van der Waals surface area contributed by atoms with Crippen LogP contribution in [-0.4, -0.2) is 24.1 Å². The number of hydrogen-bond acceptors (Lipinski definition) is 2. The zero-order valence-electron chi connectivity index (χ0n) is 11.8. The van der Waals surface area contributed by atoms with Gasteiger partial charge >= 0.3 is 0 Å². The molecule has 0 N–H and O–H groups in total. The molecule has 108 valence electrons. The molecule has 3 heteroatoms. The fourth-order valence-electron chi connectivity index (χ4n) is 3.51. The third kappa shape index (κ3) is 2.42. The lowest BCUT2D eigenvalue weighted by molar-refractivity contribution is 0.141. The van der Waals surface area contributed by atoms with Gasteiger partial charge in [-0.1, -0.05) is 42.5 Å². The molecule has 2 aromatic rings. The normalized spacial score (nSPS) is 24.2. The Morgan fingerprint density at radius 2 is 1.90 bits per heavy atom. The fraction of sp³-hybridized carbons (Fsp3) is 0.333. The van der Waals surface area contributed by atoms with Crippen LogP contribution in [0.25, 0.3) is 0 Å². The van der Waals surface area contributed by atoms with Gasteiger partial charge in [-0.25, -0.2) is 4.39 Å². The number of hydrogen-bond donors (Lipinski definition) is 0. The van der Waals surface area contributed by atoms with Crippen molar-refractivity contribution in [1.82, 2.24) is 4.90 Å². The van der Waals surface area contributed by atoms with Crippen molar-refractivity contribution in [1.29, 1.82) is 0 Å². The van der Waals surface area contributed by atoms with Crippen LogP contribution in [0.3, 0.4) is 0 Å². The summed E-state index contributed by atoms with van der Waals surface area (Å²) in [5.74, 6) is 0.718. The lowest BCUT2D eigenvalue weighted by Gasteiger charge is -2.28. The van der Waals surface area contributed by atoms with Crippen LogP contribution in [0, 0.1) is 11.7 Å². The molecule has 4 rings (SSSR count). The summed E-state index contributed by atoms with van der Waals surface area (Å²) in [6.07, 6.45) is 1.04. The molecule has 0 spiro atoms. The van der Waals surface area contributed by atoms with Crippen LogP contribution in [-0.2, 0) is 13.0 Å². The Labute approximate surface area is 124 Å². The smallest absolute Gasteiger partial charge is 0.165 e. The van der Waals surface area contributed by atoms with Crippen LogP contribution in [0.15, 0.2) is 48.5 Å². The van der Waals surface area contributed by atoms with Crippen LogP contribution in [0.4, 0.5) is 4.39 Å². The highest BCUT2D eigenvalue weighted by Crippen LogP contribution is 2.36. The predicted molar refractivity (Wildman–Crippen MR) is 79.7 cm³/mol. The zero-order chi connectivity index (χ0) is 14.2. The molecule has 0 saturated carbocycles. The van der Waals surface area contributed by atoms with Gasteiger partial charge in [0, 0.05) is 25.6 Å². The van der Waals surface area contributed by atoms with Crippen LogP contribution >= 0.6 is 0 Å². The summed E-state index contributed by atoms with van der Waals surface area (Å²) in [5.41, 5.74) is 2.33. The second kappa shape index (κ2) is 5.15. The molecule has 2 atom stereocenters. The number of rotatable bonds is 2. The van der Waals surface area contributed by atoms with Gasteiger partial charge in [-0.05, 0) is 23.6 Å². The summed E-state index contributed by atoms with van der Waals surface area (Å²) in [5, 5.41) is 0. The highest BCUT2D eigenvalue weighted by molar-refractivity contribution is 5.37. The van der Waals surface area contributed by atoms with E-state index in [1.807, 2.05) is 12.1 Å². The standard InChI is InChI=1S/C18H18FNO/c19-16-8-4-7-14-9-15-11-20(12-17(15)21-18(14)16)10-13-5-2-1-3-6-13/h1-8,15,17H,9-12H2/t15-,17-/m0/s1. The predicted octanol–water partition coefficient (Wildman–Crippen LogP) is 3.26. The number of para-hydroxylation sites is 1. The minimum Gasteiger partial charge on any atom is -0.485 e. The summed E-state index contributed by atoms with van der Waals surface area (Å²) in [6, 6.07) is 15.7. The van der Waals surface area contributed by atoms with E-state index in [1.54, 1.807) is 6.07 Å². The van der Waals surface area contributed by atoms with E-state index in [9.17, 15) is 4.39 Å². The monoisotopic (exact) mass is 283 g/mol. The Balaban J connectivity index is 1.49. The van der Waals surface area contributed by atoms with Gasteiger partial charge in [-0.2, -0.15) is 0 Å².